The third-order valence-electron chi connectivity index (χ3n) is 6.78. The second-order valence-electron chi connectivity index (χ2n) is 9.46. The fraction of sp³-hybridized carbons (Fsp3) is 0.583. The molecule has 182 valence electrons. The number of rotatable bonds is 9. The Labute approximate surface area is 202 Å². The smallest absolute Gasteiger partial charge is 0.224 e. The molecular formula is C24H32N6O3S. The van der Waals surface area contributed by atoms with Crippen LogP contribution in [0.25, 0.3) is 20.8 Å². The van der Waals surface area contributed by atoms with E-state index in [1.807, 2.05) is 19.2 Å². The van der Waals surface area contributed by atoms with E-state index in [1.54, 1.807) is 11.3 Å². The van der Waals surface area contributed by atoms with Crippen molar-refractivity contribution in [3.05, 3.63) is 23.7 Å². The molecule has 2 aliphatic rings. The number of nitrogens with one attached hydrogen (secondary N) is 2. The number of aliphatic hydroxyl groups excluding tert-OH is 3. The lowest BCUT2D eigenvalue weighted by Gasteiger charge is -2.21. The van der Waals surface area contributed by atoms with Crippen molar-refractivity contribution < 1.29 is 15.3 Å². The lowest BCUT2D eigenvalue weighted by Crippen LogP contribution is -2.35. The van der Waals surface area contributed by atoms with Gasteiger partial charge in [0.25, 0.3) is 0 Å². The van der Waals surface area contributed by atoms with Gasteiger partial charge in [0.05, 0.1) is 33.8 Å². The van der Waals surface area contributed by atoms with Gasteiger partial charge in [-0.25, -0.2) is 9.97 Å². The van der Waals surface area contributed by atoms with Gasteiger partial charge in [-0.05, 0) is 44.6 Å². The number of aryl methyl sites for hydroxylation is 2. The summed E-state index contributed by atoms with van der Waals surface area (Å²) < 4.78 is 1.06. The van der Waals surface area contributed by atoms with Crippen LogP contribution in [-0.2, 0) is 6.42 Å². The van der Waals surface area contributed by atoms with E-state index >= 15 is 0 Å². The molecule has 10 heteroatoms. The monoisotopic (exact) mass is 484 g/mol. The Kier molecular flexibility index (Phi) is 6.65. The number of thiazole rings is 1. The van der Waals surface area contributed by atoms with Crippen LogP contribution in [-0.4, -0.2) is 66.7 Å². The average Bonchev–Trinajstić information content (AvgIpc) is 3.49. The van der Waals surface area contributed by atoms with Crippen LogP contribution in [0.15, 0.2) is 12.3 Å². The Morgan fingerprint density at radius 3 is 2.68 bits per heavy atom. The minimum Gasteiger partial charge on any atom is -0.396 e. The summed E-state index contributed by atoms with van der Waals surface area (Å²) in [5.41, 5.74) is 3.46. The van der Waals surface area contributed by atoms with Gasteiger partial charge in [-0.1, -0.05) is 13.3 Å². The number of aromatic nitrogens is 4. The highest BCUT2D eigenvalue weighted by Crippen LogP contribution is 2.39. The Hall–Kier alpha value is -2.40. The average molecular weight is 485 g/mol. The maximum Gasteiger partial charge on any atom is 0.224 e. The van der Waals surface area contributed by atoms with E-state index in [0.29, 0.717) is 24.1 Å². The molecule has 4 atom stereocenters. The third kappa shape index (κ3) is 4.59. The molecule has 34 heavy (non-hydrogen) atoms. The van der Waals surface area contributed by atoms with Crippen LogP contribution in [0.1, 0.15) is 44.0 Å². The highest BCUT2D eigenvalue weighted by Gasteiger charge is 2.41. The summed E-state index contributed by atoms with van der Waals surface area (Å²) in [6.07, 6.45) is 4.59. The van der Waals surface area contributed by atoms with E-state index in [9.17, 15) is 15.3 Å². The van der Waals surface area contributed by atoms with Crippen molar-refractivity contribution in [2.75, 3.05) is 23.8 Å². The molecule has 0 bridgehead atoms. The van der Waals surface area contributed by atoms with E-state index in [-0.39, 0.29) is 12.5 Å². The van der Waals surface area contributed by atoms with E-state index in [2.05, 4.69) is 22.5 Å². The second-order valence-corrected chi connectivity index (χ2v) is 10.5. The van der Waals surface area contributed by atoms with Crippen LogP contribution < -0.4 is 10.6 Å². The third-order valence-corrected chi connectivity index (χ3v) is 7.82. The Balaban J connectivity index is 1.54. The van der Waals surface area contributed by atoms with Crippen molar-refractivity contribution >= 4 is 33.3 Å². The van der Waals surface area contributed by atoms with Crippen LogP contribution in [0.2, 0.25) is 0 Å². The molecule has 5 N–H and O–H groups in total. The molecule has 0 aromatic carbocycles. The first-order valence-electron chi connectivity index (χ1n) is 12.1. The van der Waals surface area contributed by atoms with Gasteiger partial charge in [0.2, 0.25) is 5.95 Å². The first kappa shape index (κ1) is 23.3. The molecule has 3 aromatic heterocycles. The molecule has 5 rings (SSSR count). The van der Waals surface area contributed by atoms with Crippen LogP contribution in [0, 0.1) is 18.8 Å². The quantitative estimate of drug-likeness (QED) is 0.310. The van der Waals surface area contributed by atoms with Gasteiger partial charge in [0.1, 0.15) is 22.4 Å². The summed E-state index contributed by atoms with van der Waals surface area (Å²) in [4.78, 5) is 19.0. The minimum atomic E-state index is -1.00. The van der Waals surface area contributed by atoms with E-state index in [4.69, 9.17) is 15.0 Å². The largest absolute Gasteiger partial charge is 0.396 e. The number of hydrogen-bond acceptors (Lipinski definition) is 10. The molecule has 0 spiro atoms. The fourth-order valence-electron chi connectivity index (χ4n) is 4.63. The van der Waals surface area contributed by atoms with Crippen molar-refractivity contribution in [2.24, 2.45) is 11.8 Å². The van der Waals surface area contributed by atoms with Gasteiger partial charge in [-0.2, -0.15) is 4.98 Å². The standard InChI is InChI=1S/C24H32N6O3S/c1-3-4-15-19-17(7-8-25-15)34-23(29-19)18-12(2)27-24(26-10-13-5-6-13)30-22(18)28-16-9-14(11-31)20(32)21(16)33/h7-8,13-14,16,20-21,31-33H,3-6,9-11H2,1-2H3,(H2,26,27,28,30)/t14-,16-,20-,21+/m1/s1. The highest BCUT2D eigenvalue weighted by molar-refractivity contribution is 7.21. The van der Waals surface area contributed by atoms with Crippen molar-refractivity contribution in [2.45, 2.75) is 64.2 Å². The Morgan fingerprint density at radius 1 is 1.15 bits per heavy atom. The van der Waals surface area contributed by atoms with Crippen LogP contribution >= 0.6 is 11.3 Å². The number of pyridine rings is 1. The predicted molar refractivity (Wildman–Crippen MR) is 133 cm³/mol. The molecule has 2 fully saturated rings. The van der Waals surface area contributed by atoms with Crippen molar-refractivity contribution in [1.29, 1.82) is 0 Å². The minimum absolute atomic E-state index is 0.175. The van der Waals surface area contributed by atoms with Gasteiger partial charge in [0.15, 0.2) is 0 Å². The molecule has 0 aliphatic heterocycles. The first-order chi connectivity index (χ1) is 16.5. The fourth-order valence-corrected chi connectivity index (χ4v) is 5.71. The summed E-state index contributed by atoms with van der Waals surface area (Å²) >= 11 is 1.57. The normalized spacial score (nSPS) is 24.6. The van der Waals surface area contributed by atoms with Crippen molar-refractivity contribution in [1.82, 2.24) is 19.9 Å². The van der Waals surface area contributed by atoms with Gasteiger partial charge in [-0.3, -0.25) is 4.98 Å². The van der Waals surface area contributed by atoms with E-state index in [1.165, 1.54) is 12.8 Å². The predicted octanol–water partition coefficient (Wildman–Crippen LogP) is 2.75. The molecule has 3 heterocycles. The zero-order valence-corrected chi connectivity index (χ0v) is 20.3. The zero-order chi connectivity index (χ0) is 23.8. The van der Waals surface area contributed by atoms with Crippen LogP contribution in [0.5, 0.6) is 0 Å². The lowest BCUT2D eigenvalue weighted by molar-refractivity contribution is 0.00446. The van der Waals surface area contributed by atoms with Crippen LogP contribution in [0.3, 0.4) is 0 Å². The molecule has 0 amide bonds. The number of aliphatic hydroxyl groups is 3. The van der Waals surface area contributed by atoms with Crippen molar-refractivity contribution in [3.63, 3.8) is 0 Å². The van der Waals surface area contributed by atoms with Crippen LogP contribution in [0.4, 0.5) is 11.8 Å². The molecule has 0 saturated heterocycles. The van der Waals surface area contributed by atoms with Gasteiger partial charge < -0.3 is 26.0 Å². The summed E-state index contributed by atoms with van der Waals surface area (Å²) in [6, 6.07) is 1.54. The molecule has 3 aromatic rings. The van der Waals surface area contributed by atoms with E-state index < -0.39 is 18.2 Å². The number of anilines is 2. The number of hydrogen-bond donors (Lipinski definition) is 5. The number of nitrogens with zero attached hydrogens (tertiary/aromatic N) is 4. The SMILES string of the molecule is CCCc1nccc2sc(-c3c(C)nc(NCC4CC4)nc3N[C@@H]3C[C@H](CO)[C@@H](O)[C@H]3O)nc12. The van der Waals surface area contributed by atoms with Crippen molar-refractivity contribution in [3.8, 4) is 10.6 Å². The van der Waals surface area contributed by atoms with Gasteiger partial charge >= 0.3 is 0 Å². The first-order valence-corrected chi connectivity index (χ1v) is 12.9. The Morgan fingerprint density at radius 2 is 1.97 bits per heavy atom. The molecule has 0 unspecified atom stereocenters. The molecular weight excluding hydrogens is 452 g/mol. The molecule has 2 saturated carbocycles. The maximum absolute atomic E-state index is 10.6. The van der Waals surface area contributed by atoms with Gasteiger partial charge in [-0.15, -0.1) is 11.3 Å². The summed E-state index contributed by atoms with van der Waals surface area (Å²) in [6.45, 7) is 4.73. The second kappa shape index (κ2) is 9.69. The lowest BCUT2D eigenvalue weighted by atomic mass is 10.1. The zero-order valence-electron chi connectivity index (χ0n) is 19.5. The summed E-state index contributed by atoms with van der Waals surface area (Å²) in [7, 11) is 0. The molecule has 0 radical (unpaired) electrons. The topological polar surface area (TPSA) is 136 Å². The number of fused-ring (bicyclic) bond motifs is 1. The highest BCUT2D eigenvalue weighted by atomic mass is 32.1. The molecule has 9 nitrogen and oxygen atoms in total. The van der Waals surface area contributed by atoms with Gasteiger partial charge in [0, 0.05) is 25.3 Å². The summed E-state index contributed by atoms with van der Waals surface area (Å²) in [5, 5.41) is 38.0. The summed E-state index contributed by atoms with van der Waals surface area (Å²) in [5.74, 6) is 1.41. The maximum atomic E-state index is 10.6. The Bertz CT molecular complexity index is 1170. The molecule has 2 aliphatic carbocycles. The van der Waals surface area contributed by atoms with E-state index in [0.717, 1.165) is 51.6 Å².